The number of piperazine rings is 1. The minimum atomic E-state index is -0.646. The van der Waals surface area contributed by atoms with Crippen molar-refractivity contribution in [3.8, 4) is 5.75 Å². The molecule has 1 aliphatic rings. The SMILES string of the molecule is C[C@@H]1CN(Cc2ccc(F)cc2)[C@@H](C)CN1C(=O)COc1ccc([N+](=O)[O-])c(C=O)c1. The molecule has 1 heterocycles. The molecule has 2 aromatic rings. The second-order valence-electron chi connectivity index (χ2n) is 7.68. The third kappa shape index (κ3) is 5.43. The number of carbonyl (C=O) groups excluding carboxylic acids is 2. The van der Waals surface area contributed by atoms with Crippen LogP contribution in [0.15, 0.2) is 42.5 Å². The summed E-state index contributed by atoms with van der Waals surface area (Å²) in [7, 11) is 0. The first-order chi connectivity index (χ1) is 14.8. The van der Waals surface area contributed by atoms with Gasteiger partial charge in [-0.25, -0.2) is 4.39 Å². The van der Waals surface area contributed by atoms with Crippen LogP contribution in [-0.2, 0) is 11.3 Å². The maximum atomic E-state index is 13.1. The van der Waals surface area contributed by atoms with Crippen molar-refractivity contribution in [2.75, 3.05) is 19.7 Å². The van der Waals surface area contributed by atoms with Crippen LogP contribution >= 0.6 is 0 Å². The van der Waals surface area contributed by atoms with Gasteiger partial charge in [0.15, 0.2) is 12.9 Å². The molecule has 0 spiro atoms. The van der Waals surface area contributed by atoms with Gasteiger partial charge in [0.05, 0.1) is 10.5 Å². The van der Waals surface area contributed by atoms with Gasteiger partial charge in [0, 0.05) is 37.8 Å². The number of nitro groups is 1. The molecule has 0 saturated carbocycles. The quantitative estimate of drug-likeness (QED) is 0.382. The molecular formula is C22H24FN3O5. The van der Waals surface area contributed by atoms with Crippen LogP contribution in [0.25, 0.3) is 0 Å². The third-order valence-corrected chi connectivity index (χ3v) is 5.42. The fourth-order valence-electron chi connectivity index (χ4n) is 3.70. The fraction of sp³-hybridized carbons (Fsp3) is 0.364. The highest BCUT2D eigenvalue weighted by Gasteiger charge is 2.32. The van der Waals surface area contributed by atoms with E-state index in [-0.39, 0.29) is 47.4 Å². The van der Waals surface area contributed by atoms with Gasteiger partial charge in [0.1, 0.15) is 11.6 Å². The van der Waals surface area contributed by atoms with Gasteiger partial charge in [-0.05, 0) is 43.7 Å². The van der Waals surface area contributed by atoms with E-state index in [0.29, 0.717) is 25.9 Å². The number of ether oxygens (including phenoxy) is 1. The van der Waals surface area contributed by atoms with Crippen LogP contribution in [0.1, 0.15) is 29.8 Å². The summed E-state index contributed by atoms with van der Waals surface area (Å²) >= 11 is 0. The molecular weight excluding hydrogens is 405 g/mol. The van der Waals surface area contributed by atoms with Gasteiger partial charge in [-0.2, -0.15) is 0 Å². The Morgan fingerprint density at radius 1 is 1.19 bits per heavy atom. The van der Waals surface area contributed by atoms with Gasteiger partial charge in [0.2, 0.25) is 0 Å². The molecule has 1 amide bonds. The van der Waals surface area contributed by atoms with Crippen molar-refractivity contribution in [1.82, 2.24) is 9.80 Å². The molecule has 0 aliphatic carbocycles. The van der Waals surface area contributed by atoms with E-state index < -0.39 is 4.92 Å². The Balaban J connectivity index is 1.58. The van der Waals surface area contributed by atoms with Crippen molar-refractivity contribution in [2.45, 2.75) is 32.5 Å². The topological polar surface area (TPSA) is 93.0 Å². The van der Waals surface area contributed by atoms with E-state index in [4.69, 9.17) is 4.74 Å². The summed E-state index contributed by atoms with van der Waals surface area (Å²) in [6.45, 7) is 5.61. The molecule has 1 aliphatic heterocycles. The number of carbonyl (C=O) groups is 2. The van der Waals surface area contributed by atoms with Gasteiger partial charge in [-0.1, -0.05) is 12.1 Å². The van der Waals surface area contributed by atoms with Crippen molar-refractivity contribution in [3.05, 3.63) is 69.5 Å². The smallest absolute Gasteiger partial charge is 0.280 e. The summed E-state index contributed by atoms with van der Waals surface area (Å²) in [5, 5.41) is 10.9. The fourth-order valence-corrected chi connectivity index (χ4v) is 3.70. The molecule has 3 rings (SSSR count). The Morgan fingerprint density at radius 3 is 2.55 bits per heavy atom. The van der Waals surface area contributed by atoms with Crippen molar-refractivity contribution in [2.24, 2.45) is 0 Å². The molecule has 2 atom stereocenters. The lowest BCUT2D eigenvalue weighted by Crippen LogP contribution is -2.58. The van der Waals surface area contributed by atoms with E-state index >= 15 is 0 Å². The monoisotopic (exact) mass is 429 g/mol. The number of benzene rings is 2. The van der Waals surface area contributed by atoms with Gasteiger partial charge in [-0.15, -0.1) is 0 Å². The summed E-state index contributed by atoms with van der Waals surface area (Å²) in [5.74, 6) is -0.252. The zero-order valence-corrected chi connectivity index (χ0v) is 17.4. The maximum Gasteiger partial charge on any atom is 0.280 e. The van der Waals surface area contributed by atoms with E-state index in [1.54, 1.807) is 17.0 Å². The average molecular weight is 429 g/mol. The van der Waals surface area contributed by atoms with Crippen molar-refractivity contribution in [1.29, 1.82) is 0 Å². The summed E-state index contributed by atoms with van der Waals surface area (Å²) in [6, 6.07) is 10.3. The molecule has 1 saturated heterocycles. The molecule has 0 radical (unpaired) electrons. The number of hydrogen-bond donors (Lipinski definition) is 0. The Labute approximate surface area is 179 Å². The molecule has 1 fully saturated rings. The second-order valence-corrected chi connectivity index (χ2v) is 7.68. The number of hydrogen-bond acceptors (Lipinski definition) is 6. The molecule has 0 aromatic heterocycles. The van der Waals surface area contributed by atoms with Gasteiger partial charge < -0.3 is 9.64 Å². The Hall–Kier alpha value is -3.33. The molecule has 0 N–H and O–H groups in total. The predicted octanol–water partition coefficient (Wildman–Crippen LogP) is 3.05. The lowest BCUT2D eigenvalue weighted by molar-refractivity contribution is -0.385. The van der Waals surface area contributed by atoms with Crippen LogP contribution in [0, 0.1) is 15.9 Å². The normalized spacial score (nSPS) is 19.1. The number of rotatable bonds is 7. The Bertz CT molecular complexity index is 966. The van der Waals surface area contributed by atoms with E-state index in [1.165, 1.54) is 30.3 Å². The highest BCUT2D eigenvalue weighted by atomic mass is 19.1. The van der Waals surface area contributed by atoms with Crippen LogP contribution in [-0.4, -0.2) is 58.7 Å². The van der Waals surface area contributed by atoms with Crippen molar-refractivity contribution < 1.29 is 23.6 Å². The first-order valence-corrected chi connectivity index (χ1v) is 9.93. The molecule has 8 nitrogen and oxygen atoms in total. The average Bonchev–Trinajstić information content (AvgIpc) is 2.75. The van der Waals surface area contributed by atoms with Crippen LogP contribution in [0.5, 0.6) is 5.75 Å². The zero-order valence-electron chi connectivity index (χ0n) is 17.4. The number of amides is 1. The van der Waals surface area contributed by atoms with Gasteiger partial charge >= 0.3 is 0 Å². The largest absolute Gasteiger partial charge is 0.484 e. The van der Waals surface area contributed by atoms with E-state index in [2.05, 4.69) is 4.90 Å². The van der Waals surface area contributed by atoms with Gasteiger partial charge in [0.25, 0.3) is 11.6 Å². The molecule has 0 bridgehead atoms. The first-order valence-electron chi connectivity index (χ1n) is 9.93. The predicted molar refractivity (Wildman–Crippen MR) is 111 cm³/mol. The highest BCUT2D eigenvalue weighted by Crippen LogP contribution is 2.23. The van der Waals surface area contributed by atoms with Crippen molar-refractivity contribution in [3.63, 3.8) is 0 Å². The summed E-state index contributed by atoms with van der Waals surface area (Å²) in [4.78, 5) is 38.1. The molecule has 0 unspecified atom stereocenters. The maximum absolute atomic E-state index is 13.1. The first kappa shape index (κ1) is 22.4. The molecule has 31 heavy (non-hydrogen) atoms. The third-order valence-electron chi connectivity index (χ3n) is 5.42. The standard InChI is InChI=1S/C22H24FN3O5/c1-15-11-25(16(2)10-24(15)12-17-3-5-19(23)6-4-17)22(28)14-31-20-7-8-21(26(29)30)18(9-20)13-27/h3-9,13,15-16H,10-12,14H2,1-2H3/t15-,16+/m0/s1. The summed E-state index contributed by atoms with van der Waals surface area (Å²) in [6.07, 6.45) is 0.386. The second kappa shape index (κ2) is 9.65. The summed E-state index contributed by atoms with van der Waals surface area (Å²) < 4.78 is 18.6. The van der Waals surface area contributed by atoms with Gasteiger partial charge in [-0.3, -0.25) is 24.6 Å². The minimum absolute atomic E-state index is 0.0462. The Kier molecular flexibility index (Phi) is 6.96. The summed E-state index contributed by atoms with van der Waals surface area (Å²) in [5.41, 5.74) is 0.590. The van der Waals surface area contributed by atoms with Crippen LogP contribution in [0.2, 0.25) is 0 Å². The molecule has 9 heteroatoms. The Morgan fingerprint density at radius 2 is 1.90 bits per heavy atom. The van der Waals surface area contributed by atoms with Crippen LogP contribution in [0.3, 0.4) is 0 Å². The van der Waals surface area contributed by atoms with E-state index in [0.717, 1.165) is 5.56 Å². The minimum Gasteiger partial charge on any atom is -0.484 e. The molecule has 164 valence electrons. The van der Waals surface area contributed by atoms with Crippen molar-refractivity contribution >= 4 is 17.9 Å². The highest BCUT2D eigenvalue weighted by molar-refractivity contribution is 5.82. The van der Waals surface area contributed by atoms with E-state index in [1.807, 2.05) is 13.8 Å². The number of aldehydes is 1. The van der Waals surface area contributed by atoms with Crippen LogP contribution < -0.4 is 4.74 Å². The number of nitro benzene ring substituents is 1. The van der Waals surface area contributed by atoms with E-state index in [9.17, 15) is 24.1 Å². The van der Waals surface area contributed by atoms with Crippen LogP contribution in [0.4, 0.5) is 10.1 Å². The lowest BCUT2D eigenvalue weighted by Gasteiger charge is -2.44. The number of halogens is 1. The number of nitrogens with zero attached hydrogens (tertiary/aromatic N) is 3. The molecule has 2 aromatic carbocycles. The lowest BCUT2D eigenvalue weighted by atomic mass is 10.1. The zero-order chi connectivity index (χ0) is 22.5.